The van der Waals surface area contributed by atoms with E-state index < -0.39 is 0 Å². The van der Waals surface area contributed by atoms with Gasteiger partial charge in [-0.3, -0.25) is 4.79 Å². The molecule has 1 aliphatic rings. The van der Waals surface area contributed by atoms with Crippen LogP contribution in [0.3, 0.4) is 0 Å². The van der Waals surface area contributed by atoms with Crippen LogP contribution in [0.1, 0.15) is 42.7 Å². The highest BCUT2D eigenvalue weighted by Crippen LogP contribution is 2.24. The first-order valence-corrected chi connectivity index (χ1v) is 8.39. The Balaban J connectivity index is 1.63. The van der Waals surface area contributed by atoms with Crippen LogP contribution in [0.25, 0.3) is 0 Å². The van der Waals surface area contributed by atoms with Crippen LogP contribution < -0.4 is 5.32 Å². The summed E-state index contributed by atoms with van der Waals surface area (Å²) in [6.45, 7) is 5.19. The lowest BCUT2D eigenvalue weighted by Gasteiger charge is -2.35. The number of ether oxygens (including phenoxy) is 1. The summed E-state index contributed by atoms with van der Waals surface area (Å²) in [4.78, 5) is 12.4. The molecule has 1 aromatic carbocycles. The number of hydrogen-bond donors (Lipinski definition) is 1. The summed E-state index contributed by atoms with van der Waals surface area (Å²) < 4.78 is 7.28. The smallest absolute Gasteiger partial charge is 0.273 e. The van der Waals surface area contributed by atoms with E-state index in [0.29, 0.717) is 23.9 Å². The molecular formula is C17H21ClN4O2. The Morgan fingerprint density at radius 3 is 3.00 bits per heavy atom. The normalized spacial score (nSPS) is 19.9. The second-order valence-corrected chi connectivity index (χ2v) is 7.07. The number of benzene rings is 1. The van der Waals surface area contributed by atoms with Crippen LogP contribution in [0.5, 0.6) is 0 Å². The molecule has 2 aromatic rings. The molecule has 0 bridgehead atoms. The summed E-state index contributed by atoms with van der Waals surface area (Å²) in [7, 11) is 0. The van der Waals surface area contributed by atoms with E-state index in [-0.39, 0.29) is 17.6 Å². The van der Waals surface area contributed by atoms with Crippen LogP contribution in [-0.4, -0.2) is 39.2 Å². The van der Waals surface area contributed by atoms with Gasteiger partial charge in [-0.2, -0.15) is 0 Å². The first kappa shape index (κ1) is 16.9. The van der Waals surface area contributed by atoms with Gasteiger partial charge in [-0.25, -0.2) is 4.68 Å². The van der Waals surface area contributed by atoms with Crippen molar-refractivity contribution in [1.82, 2.24) is 20.3 Å². The molecule has 1 saturated heterocycles. The molecule has 0 spiro atoms. The number of hydrogen-bond acceptors (Lipinski definition) is 4. The van der Waals surface area contributed by atoms with Crippen LogP contribution in [0.15, 0.2) is 30.5 Å². The number of carbonyl (C=O) groups is 1. The minimum absolute atomic E-state index is 0.0926. The molecule has 128 valence electrons. The van der Waals surface area contributed by atoms with E-state index in [4.69, 9.17) is 16.3 Å². The van der Waals surface area contributed by atoms with Crippen LogP contribution in [-0.2, 0) is 11.3 Å². The van der Waals surface area contributed by atoms with E-state index in [1.165, 1.54) is 0 Å². The maximum Gasteiger partial charge on any atom is 0.273 e. The molecule has 1 atom stereocenters. The number of carbonyl (C=O) groups excluding carboxylic acids is 1. The van der Waals surface area contributed by atoms with E-state index in [1.807, 2.05) is 38.1 Å². The maximum atomic E-state index is 12.4. The Kier molecular flexibility index (Phi) is 4.87. The van der Waals surface area contributed by atoms with Gasteiger partial charge >= 0.3 is 0 Å². The summed E-state index contributed by atoms with van der Waals surface area (Å²) in [6, 6.07) is 7.64. The van der Waals surface area contributed by atoms with Crippen molar-refractivity contribution in [2.24, 2.45) is 0 Å². The standard InChI is InChI=1S/C17H21ClN4O2/c1-17(2)9-13(7-8-24-17)19-16(23)15-11-22(21-20-15)10-12-5-3-4-6-14(12)18/h3-6,11,13H,7-10H2,1-2H3,(H,19,23)/t13-/m0/s1. The molecule has 6 nitrogen and oxygen atoms in total. The molecule has 0 saturated carbocycles. The molecule has 0 unspecified atom stereocenters. The van der Waals surface area contributed by atoms with E-state index >= 15 is 0 Å². The van der Waals surface area contributed by atoms with Crippen molar-refractivity contribution in [3.8, 4) is 0 Å². The fourth-order valence-corrected chi connectivity index (χ4v) is 3.09. The van der Waals surface area contributed by atoms with Gasteiger partial charge in [0.05, 0.1) is 18.3 Å². The van der Waals surface area contributed by atoms with Gasteiger partial charge in [0, 0.05) is 17.7 Å². The Morgan fingerprint density at radius 2 is 2.25 bits per heavy atom. The summed E-state index contributed by atoms with van der Waals surface area (Å²) >= 11 is 6.15. The first-order valence-electron chi connectivity index (χ1n) is 8.01. The van der Waals surface area contributed by atoms with Crippen LogP contribution in [0, 0.1) is 0 Å². The highest BCUT2D eigenvalue weighted by Gasteiger charge is 2.30. The second-order valence-electron chi connectivity index (χ2n) is 6.66. The van der Waals surface area contributed by atoms with Gasteiger partial charge in [0.15, 0.2) is 5.69 Å². The molecule has 0 aliphatic carbocycles. The number of nitrogens with one attached hydrogen (secondary N) is 1. The third-order valence-electron chi connectivity index (χ3n) is 4.09. The zero-order valence-electron chi connectivity index (χ0n) is 13.8. The third kappa shape index (κ3) is 4.13. The summed E-state index contributed by atoms with van der Waals surface area (Å²) in [5, 5.41) is 11.7. The number of nitrogens with zero attached hydrogens (tertiary/aromatic N) is 3. The van der Waals surface area contributed by atoms with E-state index in [2.05, 4.69) is 15.6 Å². The quantitative estimate of drug-likeness (QED) is 0.922. The summed E-state index contributed by atoms with van der Waals surface area (Å²) in [5.74, 6) is -0.205. The average molecular weight is 349 g/mol. The van der Waals surface area contributed by atoms with Crippen molar-refractivity contribution in [2.75, 3.05) is 6.61 Å². The molecule has 1 N–H and O–H groups in total. The van der Waals surface area contributed by atoms with E-state index in [1.54, 1.807) is 10.9 Å². The van der Waals surface area contributed by atoms with Gasteiger partial charge in [-0.1, -0.05) is 35.0 Å². The summed E-state index contributed by atoms with van der Waals surface area (Å²) in [5.41, 5.74) is 1.03. The molecule has 1 aliphatic heterocycles. The van der Waals surface area contributed by atoms with Crippen molar-refractivity contribution < 1.29 is 9.53 Å². The monoisotopic (exact) mass is 348 g/mol. The predicted molar refractivity (Wildman–Crippen MR) is 91.1 cm³/mol. The second kappa shape index (κ2) is 6.91. The van der Waals surface area contributed by atoms with Crippen LogP contribution in [0.4, 0.5) is 0 Å². The molecule has 1 amide bonds. The predicted octanol–water partition coefficient (Wildman–Crippen LogP) is 2.67. The molecule has 1 aromatic heterocycles. The number of halogens is 1. The molecule has 3 rings (SSSR count). The van der Waals surface area contributed by atoms with Crippen molar-refractivity contribution in [3.05, 3.63) is 46.7 Å². The summed E-state index contributed by atoms with van der Waals surface area (Å²) in [6.07, 6.45) is 3.23. The van der Waals surface area contributed by atoms with Crippen LogP contribution >= 0.6 is 11.6 Å². The van der Waals surface area contributed by atoms with Gasteiger partial charge in [-0.15, -0.1) is 5.10 Å². The van der Waals surface area contributed by atoms with E-state index in [0.717, 1.165) is 18.4 Å². The Hall–Kier alpha value is -1.92. The zero-order valence-corrected chi connectivity index (χ0v) is 14.6. The minimum atomic E-state index is -0.210. The highest BCUT2D eigenvalue weighted by atomic mass is 35.5. The number of aromatic nitrogens is 3. The molecule has 1 fully saturated rings. The van der Waals surface area contributed by atoms with Crippen molar-refractivity contribution in [2.45, 2.75) is 44.9 Å². The van der Waals surface area contributed by atoms with E-state index in [9.17, 15) is 4.79 Å². The van der Waals surface area contributed by atoms with Gasteiger partial charge in [-0.05, 0) is 38.3 Å². The van der Waals surface area contributed by atoms with Crippen molar-refractivity contribution in [1.29, 1.82) is 0 Å². The first-order chi connectivity index (χ1) is 11.4. The Bertz CT molecular complexity index is 729. The Labute approximate surface area is 146 Å². The highest BCUT2D eigenvalue weighted by molar-refractivity contribution is 6.31. The van der Waals surface area contributed by atoms with Crippen molar-refractivity contribution in [3.63, 3.8) is 0 Å². The lowest BCUT2D eigenvalue weighted by Crippen LogP contribution is -2.45. The van der Waals surface area contributed by atoms with Gasteiger partial charge in [0.1, 0.15) is 0 Å². The number of amides is 1. The third-order valence-corrected chi connectivity index (χ3v) is 4.46. The maximum absolute atomic E-state index is 12.4. The van der Waals surface area contributed by atoms with Crippen LogP contribution in [0.2, 0.25) is 5.02 Å². The molecular weight excluding hydrogens is 328 g/mol. The fraction of sp³-hybridized carbons (Fsp3) is 0.471. The molecule has 24 heavy (non-hydrogen) atoms. The molecule has 7 heteroatoms. The molecule has 0 radical (unpaired) electrons. The SMILES string of the molecule is CC1(C)C[C@@H](NC(=O)c2cn(Cc3ccccc3Cl)nn2)CCO1. The fourth-order valence-electron chi connectivity index (χ4n) is 2.90. The average Bonchev–Trinajstić information content (AvgIpc) is 2.97. The van der Waals surface area contributed by atoms with Crippen molar-refractivity contribution >= 4 is 17.5 Å². The van der Waals surface area contributed by atoms with Gasteiger partial charge in [0.2, 0.25) is 0 Å². The number of rotatable bonds is 4. The Morgan fingerprint density at radius 1 is 1.46 bits per heavy atom. The van der Waals surface area contributed by atoms with Gasteiger partial charge in [0.25, 0.3) is 5.91 Å². The zero-order chi connectivity index (χ0) is 17.2. The molecule has 2 heterocycles. The minimum Gasteiger partial charge on any atom is -0.375 e. The van der Waals surface area contributed by atoms with Gasteiger partial charge < -0.3 is 10.1 Å². The topological polar surface area (TPSA) is 69.0 Å². The largest absolute Gasteiger partial charge is 0.375 e. The lowest BCUT2D eigenvalue weighted by molar-refractivity contribution is -0.0615. The lowest BCUT2D eigenvalue weighted by atomic mass is 9.94.